The van der Waals surface area contributed by atoms with E-state index in [1.807, 2.05) is 63.2 Å². The van der Waals surface area contributed by atoms with Crippen LogP contribution in [0.4, 0.5) is 5.69 Å². The lowest BCUT2D eigenvalue weighted by atomic mass is 9.95. The molecule has 42 heavy (non-hydrogen) atoms. The first kappa shape index (κ1) is 31.3. The third-order valence-electron chi connectivity index (χ3n) is 8.06. The highest BCUT2D eigenvalue weighted by atomic mass is 32.2. The summed E-state index contributed by atoms with van der Waals surface area (Å²) in [5, 5.41) is 3.19. The predicted molar refractivity (Wildman–Crippen MR) is 168 cm³/mol. The van der Waals surface area contributed by atoms with E-state index >= 15 is 0 Å². The van der Waals surface area contributed by atoms with E-state index in [1.54, 1.807) is 41.3 Å². The molecule has 3 aromatic rings. The van der Waals surface area contributed by atoms with E-state index in [-0.39, 0.29) is 23.4 Å². The summed E-state index contributed by atoms with van der Waals surface area (Å²) in [7, 11) is -4.09. The maximum absolute atomic E-state index is 14.3. The second kappa shape index (κ2) is 14.5. The molecule has 1 aliphatic rings. The van der Waals surface area contributed by atoms with E-state index in [1.165, 1.54) is 10.7 Å². The molecule has 0 aliphatic heterocycles. The molecule has 3 aromatic carbocycles. The molecule has 1 atom stereocenters. The Bertz CT molecular complexity index is 1440. The lowest BCUT2D eigenvalue weighted by Crippen LogP contribution is -2.54. The second-order valence-electron chi connectivity index (χ2n) is 11.1. The third kappa shape index (κ3) is 7.59. The van der Waals surface area contributed by atoms with Crippen LogP contribution in [0.2, 0.25) is 0 Å². The molecule has 0 radical (unpaired) electrons. The summed E-state index contributed by atoms with van der Waals surface area (Å²) in [4.78, 5) is 29.6. The van der Waals surface area contributed by atoms with Crippen LogP contribution in [0.5, 0.6) is 0 Å². The van der Waals surface area contributed by atoms with Crippen LogP contribution in [0.25, 0.3) is 0 Å². The van der Waals surface area contributed by atoms with Gasteiger partial charge < -0.3 is 10.2 Å². The van der Waals surface area contributed by atoms with E-state index < -0.39 is 28.5 Å². The number of hydrogen-bond acceptors (Lipinski definition) is 4. The molecule has 1 N–H and O–H groups in total. The van der Waals surface area contributed by atoms with Crippen molar-refractivity contribution in [1.82, 2.24) is 10.2 Å². The zero-order valence-electron chi connectivity index (χ0n) is 25.0. The number of carbonyl (C=O) groups excluding carboxylic acids is 2. The number of hydrogen-bond donors (Lipinski definition) is 1. The van der Waals surface area contributed by atoms with Crippen molar-refractivity contribution in [2.45, 2.75) is 89.2 Å². The summed E-state index contributed by atoms with van der Waals surface area (Å²) in [6.45, 7) is 5.53. The molecular weight excluding hydrogens is 546 g/mol. The van der Waals surface area contributed by atoms with E-state index in [4.69, 9.17) is 0 Å². The number of rotatable bonds is 12. The van der Waals surface area contributed by atoms with E-state index in [0.29, 0.717) is 18.5 Å². The quantitative estimate of drug-likeness (QED) is 0.280. The van der Waals surface area contributed by atoms with Crippen molar-refractivity contribution in [3.63, 3.8) is 0 Å². The molecule has 0 aromatic heterocycles. The van der Waals surface area contributed by atoms with Crippen molar-refractivity contribution in [1.29, 1.82) is 0 Å². The Morgan fingerprint density at radius 2 is 1.52 bits per heavy atom. The monoisotopic (exact) mass is 589 g/mol. The average molecular weight is 590 g/mol. The molecular formula is C34H43N3O4S. The van der Waals surface area contributed by atoms with Gasteiger partial charge >= 0.3 is 0 Å². The number of nitrogens with one attached hydrogen (secondary N) is 1. The lowest BCUT2D eigenvalue weighted by molar-refractivity contribution is -0.140. The van der Waals surface area contributed by atoms with Crippen LogP contribution >= 0.6 is 0 Å². The highest BCUT2D eigenvalue weighted by Gasteiger charge is 2.35. The van der Waals surface area contributed by atoms with Gasteiger partial charge in [0.15, 0.2) is 0 Å². The fourth-order valence-corrected chi connectivity index (χ4v) is 7.10. The lowest BCUT2D eigenvalue weighted by Gasteiger charge is -2.35. The minimum absolute atomic E-state index is 0.101. The van der Waals surface area contributed by atoms with Crippen LogP contribution < -0.4 is 9.62 Å². The van der Waals surface area contributed by atoms with Gasteiger partial charge in [0.05, 0.1) is 10.6 Å². The molecule has 4 rings (SSSR count). The van der Waals surface area contributed by atoms with E-state index in [2.05, 4.69) is 5.32 Å². The fourth-order valence-electron chi connectivity index (χ4n) is 5.65. The van der Waals surface area contributed by atoms with Gasteiger partial charge in [-0.25, -0.2) is 8.42 Å². The van der Waals surface area contributed by atoms with Crippen molar-refractivity contribution in [3.05, 3.63) is 95.6 Å². The number of anilines is 1. The van der Waals surface area contributed by atoms with Gasteiger partial charge in [-0.1, -0.05) is 99.3 Å². The second-order valence-corrected chi connectivity index (χ2v) is 12.9. The molecule has 0 bridgehead atoms. The highest BCUT2D eigenvalue weighted by Crippen LogP contribution is 2.29. The summed E-state index contributed by atoms with van der Waals surface area (Å²) in [5.74, 6) is -0.610. The molecule has 7 nitrogen and oxygen atoms in total. The normalized spacial score (nSPS) is 14.6. The van der Waals surface area contributed by atoms with Crippen molar-refractivity contribution < 1.29 is 18.0 Å². The summed E-state index contributed by atoms with van der Waals surface area (Å²) >= 11 is 0. The molecule has 0 spiro atoms. The molecule has 0 saturated heterocycles. The molecule has 8 heteroatoms. The number of para-hydroxylation sites is 1. The van der Waals surface area contributed by atoms with Gasteiger partial charge in [0.25, 0.3) is 10.0 Å². The Hall–Kier alpha value is -3.65. The van der Waals surface area contributed by atoms with E-state index in [9.17, 15) is 18.0 Å². The zero-order valence-corrected chi connectivity index (χ0v) is 25.8. The first-order valence-corrected chi connectivity index (χ1v) is 16.5. The molecule has 2 amide bonds. The van der Waals surface area contributed by atoms with Crippen LogP contribution in [0.1, 0.15) is 69.1 Å². The third-order valence-corrected chi connectivity index (χ3v) is 9.84. The molecule has 0 heterocycles. The Morgan fingerprint density at radius 1 is 0.881 bits per heavy atom. The number of benzene rings is 3. The van der Waals surface area contributed by atoms with Gasteiger partial charge in [-0.3, -0.25) is 13.9 Å². The highest BCUT2D eigenvalue weighted by molar-refractivity contribution is 7.92. The summed E-state index contributed by atoms with van der Waals surface area (Å²) in [6.07, 6.45) is 6.21. The van der Waals surface area contributed by atoms with Gasteiger partial charge in [0, 0.05) is 12.6 Å². The van der Waals surface area contributed by atoms with Crippen LogP contribution in [-0.2, 0) is 32.6 Å². The topological polar surface area (TPSA) is 86.8 Å². The van der Waals surface area contributed by atoms with Crippen molar-refractivity contribution in [2.24, 2.45) is 0 Å². The standard InChI is InChI=1S/C34H43N3O4S/c1-4-28-16-12-13-19-32(28)37(42(40,41)30-22-20-26(3)21-23-30)25-33(38)36(24-27-14-8-6-9-15-27)31(5-2)34(39)35-29-17-10-7-11-18-29/h6,8-9,12-16,19-23,29,31H,4-5,7,10-11,17-18,24-25H2,1-3H3,(H,35,39). The van der Waals surface area contributed by atoms with E-state index in [0.717, 1.165) is 42.4 Å². The predicted octanol–water partition coefficient (Wildman–Crippen LogP) is 6.01. The SMILES string of the molecule is CCc1ccccc1N(CC(=O)N(Cc1ccccc1)C(CC)C(=O)NC1CCCCC1)S(=O)(=O)c1ccc(C)cc1. The Morgan fingerprint density at radius 3 is 2.17 bits per heavy atom. The minimum atomic E-state index is -4.09. The Labute approximate surface area is 251 Å². The van der Waals surface area contributed by atoms with Gasteiger partial charge in [-0.05, 0) is 61.9 Å². The first-order chi connectivity index (χ1) is 20.2. The van der Waals surface area contributed by atoms with Crippen molar-refractivity contribution in [2.75, 3.05) is 10.8 Å². The Kier molecular flexibility index (Phi) is 10.8. The van der Waals surface area contributed by atoms with Gasteiger partial charge in [0.2, 0.25) is 11.8 Å². The van der Waals surface area contributed by atoms with Gasteiger partial charge in [-0.2, -0.15) is 0 Å². The number of sulfonamides is 1. The minimum Gasteiger partial charge on any atom is -0.352 e. The number of amides is 2. The number of nitrogens with zero attached hydrogens (tertiary/aromatic N) is 2. The molecule has 1 saturated carbocycles. The fraction of sp³-hybridized carbons (Fsp3) is 0.412. The van der Waals surface area contributed by atoms with Crippen molar-refractivity contribution in [3.8, 4) is 0 Å². The smallest absolute Gasteiger partial charge is 0.264 e. The number of carbonyl (C=O) groups is 2. The maximum Gasteiger partial charge on any atom is 0.264 e. The van der Waals surface area contributed by atoms with Crippen LogP contribution in [0, 0.1) is 6.92 Å². The summed E-state index contributed by atoms with van der Waals surface area (Å²) in [6, 6.07) is 22.8. The first-order valence-electron chi connectivity index (χ1n) is 15.1. The molecule has 224 valence electrons. The maximum atomic E-state index is 14.3. The molecule has 1 aliphatic carbocycles. The van der Waals surface area contributed by atoms with Gasteiger partial charge in [-0.15, -0.1) is 0 Å². The zero-order chi connectivity index (χ0) is 30.1. The summed E-state index contributed by atoms with van der Waals surface area (Å²) in [5.41, 5.74) is 3.09. The number of aryl methyl sites for hydroxylation is 2. The van der Waals surface area contributed by atoms with Crippen LogP contribution in [0.15, 0.2) is 83.8 Å². The average Bonchev–Trinajstić information content (AvgIpc) is 3.00. The van der Waals surface area contributed by atoms with Crippen LogP contribution in [0.3, 0.4) is 0 Å². The summed E-state index contributed by atoms with van der Waals surface area (Å²) < 4.78 is 29.5. The largest absolute Gasteiger partial charge is 0.352 e. The molecule has 1 fully saturated rings. The van der Waals surface area contributed by atoms with Crippen LogP contribution in [-0.4, -0.2) is 43.8 Å². The molecule has 1 unspecified atom stereocenters. The van der Waals surface area contributed by atoms with Gasteiger partial charge in [0.1, 0.15) is 12.6 Å². The van der Waals surface area contributed by atoms with Crippen molar-refractivity contribution >= 4 is 27.5 Å². The Balaban J connectivity index is 1.72.